The van der Waals surface area contributed by atoms with Gasteiger partial charge in [-0.2, -0.15) is 0 Å². The molecule has 12 unspecified atom stereocenters. The first kappa shape index (κ1) is 31.6. The van der Waals surface area contributed by atoms with Crippen molar-refractivity contribution in [2.75, 3.05) is 7.11 Å². The van der Waals surface area contributed by atoms with Gasteiger partial charge in [0.1, 0.15) is 5.75 Å². The summed E-state index contributed by atoms with van der Waals surface area (Å²) in [4.78, 5) is 0. The van der Waals surface area contributed by atoms with E-state index in [1.165, 1.54) is 29.5 Å². The zero-order chi connectivity index (χ0) is 32.1. The second kappa shape index (κ2) is 12.9. The molecule has 46 heavy (non-hydrogen) atoms. The molecule has 0 heterocycles. The maximum atomic E-state index is 6.21. The van der Waals surface area contributed by atoms with Gasteiger partial charge in [-0.25, -0.2) is 0 Å². The monoisotopic (exact) mass is 630 g/mol. The minimum atomic E-state index is 0.524. The molecule has 4 aliphatic carbocycles. The maximum absolute atomic E-state index is 6.21. The molecular weight excluding hydrogens is 580 g/mol. The van der Waals surface area contributed by atoms with Gasteiger partial charge in [-0.1, -0.05) is 130 Å². The molecule has 4 aliphatic rings. The van der Waals surface area contributed by atoms with E-state index in [1.807, 2.05) is 12.1 Å². The lowest BCUT2D eigenvalue weighted by molar-refractivity contribution is 0.202. The van der Waals surface area contributed by atoms with Crippen molar-refractivity contribution < 1.29 is 4.74 Å². The molecule has 4 bridgehead atoms. The van der Waals surface area contributed by atoms with Crippen LogP contribution in [-0.2, 0) is 0 Å². The van der Waals surface area contributed by atoms with E-state index in [-0.39, 0.29) is 0 Å². The lowest BCUT2D eigenvalue weighted by Gasteiger charge is -2.39. The highest BCUT2D eigenvalue weighted by Crippen LogP contribution is 2.66. The Labute approximate surface area is 282 Å². The van der Waals surface area contributed by atoms with Crippen LogP contribution in [0, 0.1) is 54.3 Å². The topological polar surface area (TPSA) is 9.23 Å². The first-order valence-corrected chi connectivity index (χ1v) is 18.2. The molecule has 4 aromatic rings. The fourth-order valence-corrected chi connectivity index (χ4v) is 11.2. The lowest BCUT2D eigenvalue weighted by Crippen LogP contribution is -2.30. The number of ether oxygens (including phenoxy) is 1. The molecular formula is C44H51ClO. The van der Waals surface area contributed by atoms with Crippen molar-refractivity contribution in [3.63, 3.8) is 0 Å². The van der Waals surface area contributed by atoms with E-state index >= 15 is 0 Å². The zero-order valence-corrected chi connectivity index (χ0v) is 29.2. The third-order valence-corrected chi connectivity index (χ3v) is 13.8. The number of rotatable bonds is 5. The number of fused-ring (bicyclic) bond motifs is 4. The molecule has 240 valence electrons. The van der Waals surface area contributed by atoms with Crippen molar-refractivity contribution >= 4 is 11.6 Å². The Hall–Kier alpha value is -3.03. The van der Waals surface area contributed by atoms with E-state index in [2.05, 4.69) is 126 Å². The summed E-state index contributed by atoms with van der Waals surface area (Å²) in [6, 6.07) is 37.6. The fraction of sp³-hybridized carbons (Fsp3) is 0.455. The molecule has 8 rings (SSSR count). The summed E-state index contributed by atoms with van der Waals surface area (Å²) in [5.74, 6) is 9.92. The Morgan fingerprint density at radius 1 is 0.522 bits per heavy atom. The molecule has 0 saturated heterocycles. The number of hydrogen-bond donors (Lipinski definition) is 0. The first-order valence-electron chi connectivity index (χ1n) is 17.8. The van der Waals surface area contributed by atoms with Crippen molar-refractivity contribution in [2.24, 2.45) is 47.3 Å². The minimum absolute atomic E-state index is 0.524. The number of methoxy groups -OCH3 is 1. The Morgan fingerprint density at radius 3 is 1.43 bits per heavy atom. The smallest absolute Gasteiger partial charge is 0.123 e. The van der Waals surface area contributed by atoms with Crippen LogP contribution >= 0.6 is 11.6 Å². The van der Waals surface area contributed by atoms with E-state index in [1.54, 1.807) is 18.2 Å². The van der Waals surface area contributed by atoms with Crippen LogP contribution < -0.4 is 4.74 Å². The molecule has 0 amide bonds. The fourth-order valence-electron chi connectivity index (χ4n) is 11.0. The summed E-state index contributed by atoms with van der Waals surface area (Å²) >= 11 is 6.21. The van der Waals surface area contributed by atoms with Crippen LogP contribution in [0.4, 0.5) is 0 Å². The van der Waals surface area contributed by atoms with Crippen LogP contribution in [-0.4, -0.2) is 7.11 Å². The van der Waals surface area contributed by atoms with Gasteiger partial charge in [0.25, 0.3) is 0 Å². The minimum Gasteiger partial charge on any atom is -0.496 e. The van der Waals surface area contributed by atoms with E-state index in [0.29, 0.717) is 23.7 Å². The lowest BCUT2D eigenvalue weighted by atomic mass is 9.64. The number of benzene rings is 4. The van der Waals surface area contributed by atoms with Gasteiger partial charge in [0.2, 0.25) is 0 Å². The van der Waals surface area contributed by atoms with Crippen LogP contribution in [0.2, 0.25) is 5.02 Å². The van der Waals surface area contributed by atoms with Crippen molar-refractivity contribution in [1.82, 2.24) is 0 Å². The molecule has 4 fully saturated rings. The number of aryl methyl sites for hydroxylation is 1. The van der Waals surface area contributed by atoms with Crippen LogP contribution in [0.25, 0.3) is 0 Å². The second-order valence-corrected chi connectivity index (χ2v) is 15.7. The quantitative estimate of drug-likeness (QED) is 0.213. The molecule has 0 radical (unpaired) electrons. The van der Waals surface area contributed by atoms with Gasteiger partial charge < -0.3 is 4.74 Å². The Kier molecular flexibility index (Phi) is 8.83. The first-order chi connectivity index (χ1) is 22.3. The van der Waals surface area contributed by atoms with Crippen molar-refractivity contribution in [2.45, 2.75) is 71.1 Å². The average Bonchev–Trinajstić information content (AvgIpc) is 3.82. The Morgan fingerprint density at radius 2 is 0.957 bits per heavy atom. The van der Waals surface area contributed by atoms with Crippen LogP contribution in [0.5, 0.6) is 5.75 Å². The van der Waals surface area contributed by atoms with Gasteiger partial charge in [-0.3, -0.25) is 0 Å². The molecule has 1 nitrogen and oxygen atoms in total. The van der Waals surface area contributed by atoms with Crippen molar-refractivity contribution in [3.05, 3.63) is 136 Å². The van der Waals surface area contributed by atoms with Crippen LogP contribution in [0.15, 0.2) is 103 Å². The number of hydrogen-bond acceptors (Lipinski definition) is 1. The van der Waals surface area contributed by atoms with Gasteiger partial charge >= 0.3 is 0 Å². The molecule has 0 aromatic heterocycles. The van der Waals surface area contributed by atoms with Crippen molar-refractivity contribution in [3.8, 4) is 5.75 Å². The maximum Gasteiger partial charge on any atom is 0.123 e. The molecule has 0 N–H and O–H groups in total. The van der Waals surface area contributed by atoms with Gasteiger partial charge in [0.05, 0.1) is 7.11 Å². The molecule has 2 heteroatoms. The standard InChI is InChI=1S/C22H25ClO.C22H26/c1-13-14(2)19-12-18(13)21(15-7-5-4-6-8-15)22(19)17-10-9-16(23)11-20(17)24-3;1-14-9-7-8-12-18(14)22-20-13-19(15(2)16(20)3)21(22)17-10-5-4-6-11-17/h4-11,13-14,18-19,21-22H,12H2,1-3H3;4-12,15-16,19-22H,13H2,1-3H3. The summed E-state index contributed by atoms with van der Waals surface area (Å²) in [6.07, 6.45) is 2.75. The predicted octanol–water partition coefficient (Wildman–Crippen LogP) is 11.9. The molecule has 4 saturated carbocycles. The molecule has 0 spiro atoms. The predicted molar refractivity (Wildman–Crippen MR) is 193 cm³/mol. The van der Waals surface area contributed by atoms with Gasteiger partial charge in [0, 0.05) is 5.02 Å². The molecule has 12 atom stereocenters. The van der Waals surface area contributed by atoms with Gasteiger partial charge in [-0.05, 0) is 131 Å². The SMILES string of the molecule is COc1cc(Cl)ccc1C1C2CC(C(C)C2C)C1c1ccccc1.Cc1ccccc1C1C2CC(C(C)C2C)C1c1ccccc1. The average molecular weight is 631 g/mol. The van der Waals surface area contributed by atoms with E-state index in [0.717, 1.165) is 58.1 Å². The third kappa shape index (κ3) is 5.32. The second-order valence-electron chi connectivity index (χ2n) is 15.2. The summed E-state index contributed by atoms with van der Waals surface area (Å²) in [5.41, 5.74) is 7.44. The largest absolute Gasteiger partial charge is 0.496 e. The van der Waals surface area contributed by atoms with E-state index in [9.17, 15) is 0 Å². The van der Waals surface area contributed by atoms with E-state index < -0.39 is 0 Å². The van der Waals surface area contributed by atoms with Crippen LogP contribution in [0.3, 0.4) is 0 Å². The number of halogens is 1. The highest BCUT2D eigenvalue weighted by atomic mass is 35.5. The normalized spacial score (nSPS) is 35.5. The Bertz CT molecular complexity index is 1630. The highest BCUT2D eigenvalue weighted by molar-refractivity contribution is 6.30. The third-order valence-electron chi connectivity index (χ3n) is 13.5. The summed E-state index contributed by atoms with van der Waals surface area (Å²) in [7, 11) is 1.76. The summed E-state index contributed by atoms with van der Waals surface area (Å²) in [6.45, 7) is 12.1. The van der Waals surface area contributed by atoms with Crippen molar-refractivity contribution in [1.29, 1.82) is 0 Å². The van der Waals surface area contributed by atoms with Crippen LogP contribution in [0.1, 0.15) is 92.0 Å². The molecule has 4 aromatic carbocycles. The zero-order valence-electron chi connectivity index (χ0n) is 28.4. The summed E-state index contributed by atoms with van der Waals surface area (Å²) < 4.78 is 5.71. The van der Waals surface area contributed by atoms with E-state index in [4.69, 9.17) is 16.3 Å². The van der Waals surface area contributed by atoms with Gasteiger partial charge in [-0.15, -0.1) is 0 Å². The summed E-state index contributed by atoms with van der Waals surface area (Å²) in [5, 5.41) is 0.747. The Balaban J connectivity index is 0.000000147. The van der Waals surface area contributed by atoms with Gasteiger partial charge in [0.15, 0.2) is 0 Å². The molecule has 0 aliphatic heterocycles. The highest BCUT2D eigenvalue weighted by Gasteiger charge is 2.57.